The van der Waals surface area contributed by atoms with Gasteiger partial charge in [0.1, 0.15) is 0 Å². The van der Waals surface area contributed by atoms with Gasteiger partial charge in [-0.2, -0.15) is 0 Å². The summed E-state index contributed by atoms with van der Waals surface area (Å²) in [5.74, 6) is 0.966. The molecule has 0 radical (unpaired) electrons. The molecule has 2 aliphatic heterocycles. The highest BCUT2D eigenvalue weighted by atomic mass is 15.2. The first-order valence-corrected chi connectivity index (χ1v) is 6.03. The van der Waals surface area contributed by atoms with Crippen LogP contribution in [-0.4, -0.2) is 43.7 Å². The second-order valence-corrected chi connectivity index (χ2v) is 4.83. The minimum Gasteiger partial charge on any atom is -0.326 e. The van der Waals surface area contributed by atoms with Gasteiger partial charge in [0.05, 0.1) is 0 Å². The molecule has 2 rings (SSSR count). The monoisotopic (exact) mass is 197 g/mol. The van der Waals surface area contributed by atoms with Gasteiger partial charge in [0.15, 0.2) is 0 Å². The van der Waals surface area contributed by atoms with Gasteiger partial charge in [-0.15, -0.1) is 0 Å². The van der Waals surface area contributed by atoms with Crippen molar-refractivity contribution in [2.75, 3.05) is 32.7 Å². The molecule has 3 N–H and O–H groups in total. The van der Waals surface area contributed by atoms with Gasteiger partial charge in [0, 0.05) is 12.6 Å². The molecule has 0 unspecified atom stereocenters. The largest absolute Gasteiger partial charge is 0.326 e. The first kappa shape index (κ1) is 10.4. The van der Waals surface area contributed by atoms with Crippen molar-refractivity contribution in [2.24, 2.45) is 11.7 Å². The zero-order valence-electron chi connectivity index (χ0n) is 9.04. The predicted molar refractivity (Wildman–Crippen MR) is 59.2 cm³/mol. The minimum absolute atomic E-state index is 0.447. The molecule has 0 aromatic heterocycles. The molecule has 82 valence electrons. The molecule has 0 saturated carbocycles. The molecule has 0 aliphatic carbocycles. The number of nitrogens with one attached hydrogen (secondary N) is 1. The number of likely N-dealkylation sites (tertiary alicyclic amines) is 1. The topological polar surface area (TPSA) is 41.3 Å². The average molecular weight is 197 g/mol. The van der Waals surface area contributed by atoms with Gasteiger partial charge in [-0.1, -0.05) is 0 Å². The standard InChI is InChI=1S/C11H23N3/c12-11-4-8-14(9-11)7-3-10-1-5-13-6-2-10/h10-11,13H,1-9,12H2/t11-/m1/s1. The number of nitrogens with two attached hydrogens (primary N) is 1. The highest BCUT2D eigenvalue weighted by Crippen LogP contribution is 2.17. The number of rotatable bonds is 3. The second-order valence-electron chi connectivity index (χ2n) is 4.83. The summed E-state index contributed by atoms with van der Waals surface area (Å²) in [5, 5.41) is 3.42. The molecule has 1 atom stereocenters. The third-order valence-corrected chi connectivity index (χ3v) is 3.62. The Balaban J connectivity index is 1.61. The maximum atomic E-state index is 5.88. The maximum absolute atomic E-state index is 5.88. The normalized spacial score (nSPS) is 31.1. The van der Waals surface area contributed by atoms with Gasteiger partial charge >= 0.3 is 0 Å². The van der Waals surface area contributed by atoms with Crippen LogP contribution in [0.5, 0.6) is 0 Å². The van der Waals surface area contributed by atoms with Crippen molar-refractivity contribution in [3.05, 3.63) is 0 Å². The molecule has 0 bridgehead atoms. The summed E-state index contributed by atoms with van der Waals surface area (Å²) < 4.78 is 0. The first-order valence-electron chi connectivity index (χ1n) is 6.03. The van der Waals surface area contributed by atoms with Crippen LogP contribution in [0, 0.1) is 5.92 Å². The van der Waals surface area contributed by atoms with Crippen LogP contribution in [0.3, 0.4) is 0 Å². The number of piperidine rings is 1. The summed E-state index contributed by atoms with van der Waals surface area (Å²) in [6, 6.07) is 0.447. The third kappa shape index (κ3) is 2.94. The Labute approximate surface area is 87.0 Å². The quantitative estimate of drug-likeness (QED) is 0.688. The molecular weight excluding hydrogens is 174 g/mol. The van der Waals surface area contributed by atoms with Crippen LogP contribution in [0.25, 0.3) is 0 Å². The molecular formula is C11H23N3. The van der Waals surface area contributed by atoms with E-state index in [2.05, 4.69) is 10.2 Å². The van der Waals surface area contributed by atoms with Crippen molar-refractivity contribution in [2.45, 2.75) is 31.7 Å². The fourth-order valence-electron chi connectivity index (χ4n) is 2.60. The average Bonchev–Trinajstić information content (AvgIpc) is 2.63. The van der Waals surface area contributed by atoms with Crippen molar-refractivity contribution in [3.63, 3.8) is 0 Å². The molecule has 2 saturated heterocycles. The lowest BCUT2D eigenvalue weighted by Gasteiger charge is -2.24. The fourth-order valence-corrected chi connectivity index (χ4v) is 2.60. The Morgan fingerprint density at radius 3 is 2.64 bits per heavy atom. The van der Waals surface area contributed by atoms with Crippen LogP contribution >= 0.6 is 0 Å². The summed E-state index contributed by atoms with van der Waals surface area (Å²) in [6.07, 6.45) is 5.33. The van der Waals surface area contributed by atoms with Crippen molar-refractivity contribution in [1.82, 2.24) is 10.2 Å². The van der Waals surface area contributed by atoms with E-state index in [4.69, 9.17) is 5.73 Å². The lowest BCUT2D eigenvalue weighted by atomic mass is 9.94. The Bertz CT molecular complexity index is 161. The van der Waals surface area contributed by atoms with E-state index < -0.39 is 0 Å². The van der Waals surface area contributed by atoms with Crippen molar-refractivity contribution in [1.29, 1.82) is 0 Å². The molecule has 2 heterocycles. The van der Waals surface area contributed by atoms with Gasteiger partial charge in [0.25, 0.3) is 0 Å². The van der Waals surface area contributed by atoms with Gasteiger partial charge in [-0.05, 0) is 57.8 Å². The number of hydrogen-bond acceptors (Lipinski definition) is 3. The zero-order chi connectivity index (χ0) is 9.80. The maximum Gasteiger partial charge on any atom is 0.0180 e. The summed E-state index contributed by atoms with van der Waals surface area (Å²) >= 11 is 0. The van der Waals surface area contributed by atoms with Crippen LogP contribution in [-0.2, 0) is 0 Å². The third-order valence-electron chi connectivity index (χ3n) is 3.62. The predicted octanol–water partition coefficient (Wildman–Crippen LogP) is 0.409. The lowest BCUT2D eigenvalue weighted by Crippen LogP contribution is -2.32. The van der Waals surface area contributed by atoms with Crippen LogP contribution in [0.2, 0.25) is 0 Å². The molecule has 3 nitrogen and oxygen atoms in total. The van der Waals surface area contributed by atoms with Gasteiger partial charge in [-0.25, -0.2) is 0 Å². The Hall–Kier alpha value is -0.120. The van der Waals surface area contributed by atoms with Crippen LogP contribution < -0.4 is 11.1 Å². The van der Waals surface area contributed by atoms with E-state index in [9.17, 15) is 0 Å². The Morgan fingerprint density at radius 1 is 1.21 bits per heavy atom. The SMILES string of the molecule is N[C@@H]1CCN(CCC2CCNCC2)C1. The van der Waals surface area contributed by atoms with Crippen LogP contribution in [0.15, 0.2) is 0 Å². The van der Waals surface area contributed by atoms with E-state index in [1.54, 1.807) is 0 Å². The Morgan fingerprint density at radius 2 is 2.00 bits per heavy atom. The van der Waals surface area contributed by atoms with Gasteiger partial charge in [-0.3, -0.25) is 0 Å². The minimum atomic E-state index is 0.447. The molecule has 0 aromatic rings. The fraction of sp³-hybridized carbons (Fsp3) is 1.00. The van der Waals surface area contributed by atoms with Crippen LogP contribution in [0.1, 0.15) is 25.7 Å². The lowest BCUT2D eigenvalue weighted by molar-refractivity contribution is 0.270. The van der Waals surface area contributed by atoms with E-state index in [0.29, 0.717) is 6.04 Å². The highest BCUT2D eigenvalue weighted by Gasteiger charge is 2.20. The molecule has 0 amide bonds. The van der Waals surface area contributed by atoms with E-state index in [1.165, 1.54) is 51.9 Å². The van der Waals surface area contributed by atoms with Crippen molar-refractivity contribution >= 4 is 0 Å². The summed E-state index contributed by atoms with van der Waals surface area (Å²) in [7, 11) is 0. The summed E-state index contributed by atoms with van der Waals surface area (Å²) in [4.78, 5) is 2.53. The number of nitrogens with zero attached hydrogens (tertiary/aromatic N) is 1. The molecule has 2 aliphatic rings. The molecule has 14 heavy (non-hydrogen) atoms. The van der Waals surface area contributed by atoms with Crippen LogP contribution in [0.4, 0.5) is 0 Å². The number of hydrogen-bond donors (Lipinski definition) is 2. The van der Waals surface area contributed by atoms with Crippen molar-refractivity contribution in [3.8, 4) is 0 Å². The smallest absolute Gasteiger partial charge is 0.0180 e. The molecule has 0 aromatic carbocycles. The Kier molecular flexibility index (Phi) is 3.79. The van der Waals surface area contributed by atoms with E-state index in [1.807, 2.05) is 0 Å². The highest BCUT2D eigenvalue weighted by molar-refractivity contribution is 4.79. The molecule has 3 heteroatoms. The summed E-state index contributed by atoms with van der Waals surface area (Å²) in [6.45, 7) is 6.09. The van der Waals surface area contributed by atoms with E-state index in [0.717, 1.165) is 12.5 Å². The zero-order valence-corrected chi connectivity index (χ0v) is 9.04. The van der Waals surface area contributed by atoms with Gasteiger partial charge in [0.2, 0.25) is 0 Å². The van der Waals surface area contributed by atoms with Crippen molar-refractivity contribution < 1.29 is 0 Å². The molecule has 2 fully saturated rings. The first-order chi connectivity index (χ1) is 6.84. The van der Waals surface area contributed by atoms with Gasteiger partial charge < -0.3 is 16.0 Å². The molecule has 0 spiro atoms. The second kappa shape index (κ2) is 5.10. The van der Waals surface area contributed by atoms with E-state index in [-0.39, 0.29) is 0 Å². The summed E-state index contributed by atoms with van der Waals surface area (Å²) in [5.41, 5.74) is 5.88. The van der Waals surface area contributed by atoms with E-state index >= 15 is 0 Å².